The van der Waals surface area contributed by atoms with Crippen LogP contribution in [0.15, 0.2) is 0 Å². The number of methoxy groups -OCH3 is 2. The van der Waals surface area contributed by atoms with Crippen LogP contribution in [0.1, 0.15) is 6.42 Å². The van der Waals surface area contributed by atoms with E-state index in [1.165, 1.54) is 0 Å². The lowest BCUT2D eigenvalue weighted by Gasteiger charge is -2.19. The summed E-state index contributed by atoms with van der Waals surface area (Å²) in [4.78, 5) is 34.2. The molecule has 0 aromatic heterocycles. The molecule has 0 amide bonds. The first-order valence-electron chi connectivity index (χ1n) is 3.93. The molecular formula is C8H10O5S. The standard InChI is InChI=1S/C8H10O5S/c1-12-6(10)8(7(11)13-2)5(9)3-4-14-8/h3-4H2,1-2H3. The highest BCUT2D eigenvalue weighted by Gasteiger charge is 2.58. The van der Waals surface area contributed by atoms with E-state index >= 15 is 0 Å². The van der Waals surface area contributed by atoms with Gasteiger partial charge in [-0.1, -0.05) is 0 Å². The topological polar surface area (TPSA) is 69.7 Å². The molecule has 0 atom stereocenters. The van der Waals surface area contributed by atoms with Crippen LogP contribution in [0, 0.1) is 0 Å². The molecule has 78 valence electrons. The maximum atomic E-state index is 11.5. The van der Waals surface area contributed by atoms with Gasteiger partial charge >= 0.3 is 11.9 Å². The molecular weight excluding hydrogens is 208 g/mol. The lowest BCUT2D eigenvalue weighted by molar-refractivity contribution is -0.158. The van der Waals surface area contributed by atoms with Gasteiger partial charge < -0.3 is 9.47 Å². The molecule has 0 unspecified atom stereocenters. The smallest absolute Gasteiger partial charge is 0.341 e. The zero-order valence-corrected chi connectivity index (χ0v) is 8.68. The van der Waals surface area contributed by atoms with E-state index in [4.69, 9.17) is 0 Å². The van der Waals surface area contributed by atoms with Gasteiger partial charge in [0.05, 0.1) is 14.2 Å². The molecule has 0 spiro atoms. The zero-order chi connectivity index (χ0) is 10.8. The van der Waals surface area contributed by atoms with Gasteiger partial charge in [0, 0.05) is 12.2 Å². The Morgan fingerprint density at radius 2 is 1.79 bits per heavy atom. The molecule has 0 aliphatic carbocycles. The number of rotatable bonds is 2. The predicted octanol–water partition coefficient (Wildman–Crippen LogP) is -0.223. The first-order chi connectivity index (χ1) is 6.59. The van der Waals surface area contributed by atoms with Gasteiger partial charge in [-0.05, 0) is 0 Å². The largest absolute Gasteiger partial charge is 0.467 e. The third-order valence-corrected chi connectivity index (χ3v) is 3.39. The minimum atomic E-state index is -1.77. The summed E-state index contributed by atoms with van der Waals surface area (Å²) in [5.41, 5.74) is 0. The molecule has 0 N–H and O–H groups in total. The fourth-order valence-corrected chi connectivity index (χ4v) is 2.53. The zero-order valence-electron chi connectivity index (χ0n) is 7.86. The number of hydrogen-bond donors (Lipinski definition) is 0. The summed E-state index contributed by atoms with van der Waals surface area (Å²) < 4.78 is 7.12. The molecule has 1 saturated heterocycles. The van der Waals surface area contributed by atoms with Crippen LogP contribution in [-0.2, 0) is 23.9 Å². The predicted molar refractivity (Wildman–Crippen MR) is 48.8 cm³/mol. The van der Waals surface area contributed by atoms with Gasteiger partial charge in [-0.2, -0.15) is 0 Å². The minimum absolute atomic E-state index is 0.189. The van der Waals surface area contributed by atoms with Crippen molar-refractivity contribution in [2.75, 3.05) is 20.0 Å². The summed E-state index contributed by atoms with van der Waals surface area (Å²) in [7, 11) is 2.28. The van der Waals surface area contributed by atoms with E-state index in [-0.39, 0.29) is 6.42 Å². The van der Waals surface area contributed by atoms with E-state index < -0.39 is 22.5 Å². The summed E-state index contributed by atoms with van der Waals surface area (Å²) in [5.74, 6) is -1.71. The molecule has 0 radical (unpaired) electrons. The Labute approximate surface area is 85.1 Å². The Balaban J connectivity index is 3.08. The monoisotopic (exact) mass is 218 g/mol. The first-order valence-corrected chi connectivity index (χ1v) is 4.92. The van der Waals surface area contributed by atoms with E-state index in [9.17, 15) is 14.4 Å². The summed E-state index contributed by atoms with van der Waals surface area (Å²) in [5, 5.41) is 0. The molecule has 1 aliphatic heterocycles. The molecule has 0 aromatic carbocycles. The van der Waals surface area contributed by atoms with Crippen LogP contribution in [0.3, 0.4) is 0 Å². The number of ether oxygens (including phenoxy) is 2. The Kier molecular flexibility index (Phi) is 3.15. The van der Waals surface area contributed by atoms with Gasteiger partial charge in [-0.25, -0.2) is 9.59 Å². The maximum Gasteiger partial charge on any atom is 0.341 e. The van der Waals surface area contributed by atoms with Crippen LogP contribution >= 0.6 is 11.8 Å². The fraction of sp³-hybridized carbons (Fsp3) is 0.625. The molecule has 1 rings (SSSR count). The number of thioether (sulfide) groups is 1. The molecule has 5 nitrogen and oxygen atoms in total. The van der Waals surface area contributed by atoms with Crippen LogP contribution in [-0.4, -0.2) is 42.4 Å². The molecule has 0 aromatic rings. The van der Waals surface area contributed by atoms with E-state index in [0.717, 1.165) is 26.0 Å². The van der Waals surface area contributed by atoms with E-state index in [1.807, 2.05) is 0 Å². The van der Waals surface area contributed by atoms with Crippen LogP contribution in [0.2, 0.25) is 0 Å². The average Bonchev–Trinajstić information content (AvgIpc) is 2.59. The number of Topliss-reactive ketones (excluding diaryl/α,β-unsaturated/α-hetero) is 1. The summed E-state index contributed by atoms with van der Waals surface area (Å²) in [6.45, 7) is 0. The highest BCUT2D eigenvalue weighted by Crippen LogP contribution is 2.37. The Morgan fingerprint density at radius 3 is 2.07 bits per heavy atom. The molecule has 1 fully saturated rings. The van der Waals surface area contributed by atoms with E-state index in [1.54, 1.807) is 0 Å². The second-order valence-corrected chi connectivity index (χ2v) is 4.00. The van der Waals surface area contributed by atoms with Gasteiger partial charge in [-0.15, -0.1) is 11.8 Å². The van der Waals surface area contributed by atoms with Crippen LogP contribution in [0.5, 0.6) is 0 Å². The molecule has 1 heterocycles. The van der Waals surface area contributed by atoms with Gasteiger partial charge in [0.1, 0.15) is 0 Å². The summed E-state index contributed by atoms with van der Waals surface area (Å²) in [6.07, 6.45) is 0.189. The molecule has 0 saturated carbocycles. The fourth-order valence-electron chi connectivity index (χ4n) is 1.27. The second kappa shape index (κ2) is 4.00. The number of hydrogen-bond acceptors (Lipinski definition) is 6. The van der Waals surface area contributed by atoms with Gasteiger partial charge in [0.25, 0.3) is 4.75 Å². The number of carbonyl (C=O) groups excluding carboxylic acids is 3. The van der Waals surface area contributed by atoms with Crippen molar-refractivity contribution < 1.29 is 23.9 Å². The Hall–Kier alpha value is -1.04. The molecule has 14 heavy (non-hydrogen) atoms. The van der Waals surface area contributed by atoms with Gasteiger partial charge in [-0.3, -0.25) is 4.79 Å². The second-order valence-electron chi connectivity index (χ2n) is 2.69. The third kappa shape index (κ3) is 1.39. The minimum Gasteiger partial charge on any atom is -0.467 e. The molecule has 0 bridgehead atoms. The summed E-state index contributed by atoms with van der Waals surface area (Å²) >= 11 is 0.965. The number of ketones is 1. The quantitative estimate of drug-likeness (QED) is 0.471. The van der Waals surface area contributed by atoms with Crippen molar-refractivity contribution in [2.24, 2.45) is 0 Å². The van der Waals surface area contributed by atoms with E-state index in [2.05, 4.69) is 9.47 Å². The van der Waals surface area contributed by atoms with Crippen molar-refractivity contribution in [1.82, 2.24) is 0 Å². The SMILES string of the molecule is COC(=O)C1(C(=O)OC)SCCC1=O. The van der Waals surface area contributed by atoms with E-state index in [0.29, 0.717) is 5.75 Å². The lowest BCUT2D eigenvalue weighted by Crippen LogP contribution is -2.49. The third-order valence-electron chi connectivity index (χ3n) is 1.99. The normalized spacial score (nSPS) is 19.1. The first kappa shape index (κ1) is 11.0. The van der Waals surface area contributed by atoms with Crippen LogP contribution in [0.25, 0.3) is 0 Å². The van der Waals surface area contributed by atoms with Crippen molar-refractivity contribution in [2.45, 2.75) is 11.2 Å². The van der Waals surface area contributed by atoms with Crippen LogP contribution < -0.4 is 0 Å². The van der Waals surface area contributed by atoms with Crippen molar-refractivity contribution in [3.05, 3.63) is 0 Å². The van der Waals surface area contributed by atoms with Crippen molar-refractivity contribution in [3.63, 3.8) is 0 Å². The highest BCUT2D eigenvalue weighted by atomic mass is 32.2. The van der Waals surface area contributed by atoms with Crippen molar-refractivity contribution >= 4 is 29.5 Å². The number of esters is 2. The lowest BCUT2D eigenvalue weighted by atomic mass is 10.0. The maximum absolute atomic E-state index is 11.5. The van der Waals surface area contributed by atoms with Gasteiger partial charge in [0.15, 0.2) is 5.78 Å². The highest BCUT2D eigenvalue weighted by molar-refractivity contribution is 8.03. The summed E-state index contributed by atoms with van der Waals surface area (Å²) in [6, 6.07) is 0. The molecule has 1 aliphatic rings. The van der Waals surface area contributed by atoms with Crippen molar-refractivity contribution in [1.29, 1.82) is 0 Å². The number of carbonyl (C=O) groups is 3. The Bertz CT molecular complexity index is 269. The Morgan fingerprint density at radius 1 is 1.29 bits per heavy atom. The molecule has 6 heteroatoms. The van der Waals surface area contributed by atoms with Gasteiger partial charge in [0.2, 0.25) is 0 Å². The van der Waals surface area contributed by atoms with Crippen molar-refractivity contribution in [3.8, 4) is 0 Å². The van der Waals surface area contributed by atoms with Crippen LogP contribution in [0.4, 0.5) is 0 Å². The average molecular weight is 218 g/mol.